The Hall–Kier alpha value is -7.48. The molecular weight excluding hydrogens is 735 g/mol. The highest BCUT2D eigenvalue weighted by atomic mass is 15.0. The minimum Gasteiger partial charge on any atom is -0.309 e. The van der Waals surface area contributed by atoms with Crippen LogP contribution in [0, 0.1) is 0 Å². The molecule has 0 atom stereocenters. The van der Waals surface area contributed by atoms with Crippen LogP contribution in [0.15, 0.2) is 218 Å². The number of rotatable bonds is 6. The van der Waals surface area contributed by atoms with E-state index < -0.39 is 0 Å². The van der Waals surface area contributed by atoms with Crippen LogP contribution in [-0.2, 0) is 5.41 Å². The highest BCUT2D eigenvalue weighted by molar-refractivity contribution is 6.22. The van der Waals surface area contributed by atoms with Gasteiger partial charge in [-0.3, -0.25) is 0 Å². The molecule has 0 spiro atoms. The lowest BCUT2D eigenvalue weighted by molar-refractivity contribution is 0.591. The summed E-state index contributed by atoms with van der Waals surface area (Å²) >= 11 is 0. The number of benzene rings is 10. The third-order valence-electron chi connectivity index (χ3n) is 12.5. The van der Waals surface area contributed by atoms with E-state index in [4.69, 9.17) is 0 Å². The predicted octanol–water partition coefficient (Wildman–Crippen LogP) is 16.7. The van der Waals surface area contributed by atoms with Crippen molar-refractivity contribution in [3.63, 3.8) is 0 Å². The molecule has 0 saturated heterocycles. The highest BCUT2D eigenvalue weighted by Crippen LogP contribution is 2.46. The van der Waals surface area contributed by atoms with Gasteiger partial charge < -0.3 is 4.57 Å². The molecule has 0 aliphatic carbocycles. The molecule has 10 aromatic carbocycles. The maximum Gasteiger partial charge on any atom is 0.0541 e. The lowest BCUT2D eigenvalue weighted by Gasteiger charge is -2.20. The van der Waals surface area contributed by atoms with Gasteiger partial charge in [-0.2, -0.15) is 0 Å². The molecule has 0 saturated carbocycles. The first kappa shape index (κ1) is 36.6. The molecule has 61 heavy (non-hydrogen) atoms. The summed E-state index contributed by atoms with van der Waals surface area (Å²) in [7, 11) is 0. The molecule has 11 aromatic rings. The van der Waals surface area contributed by atoms with E-state index in [-0.39, 0.29) is 5.41 Å². The zero-order chi connectivity index (χ0) is 41.1. The quantitative estimate of drug-likeness (QED) is 0.148. The zero-order valence-corrected chi connectivity index (χ0v) is 34.7. The van der Waals surface area contributed by atoms with Gasteiger partial charge in [-0.15, -0.1) is 0 Å². The fourth-order valence-corrected chi connectivity index (χ4v) is 9.43. The molecule has 1 heterocycles. The van der Waals surface area contributed by atoms with Gasteiger partial charge in [0.25, 0.3) is 0 Å². The Morgan fingerprint density at radius 1 is 0.279 bits per heavy atom. The molecule has 0 N–H and O–H groups in total. The Morgan fingerprint density at radius 2 is 0.639 bits per heavy atom. The summed E-state index contributed by atoms with van der Waals surface area (Å²) in [5.41, 5.74) is 17.2. The van der Waals surface area contributed by atoms with Gasteiger partial charge in [-0.1, -0.05) is 191 Å². The number of hydrogen-bond acceptors (Lipinski definition) is 0. The van der Waals surface area contributed by atoms with Crippen molar-refractivity contribution in [2.45, 2.75) is 26.2 Å². The van der Waals surface area contributed by atoms with Crippen molar-refractivity contribution in [1.82, 2.24) is 4.57 Å². The van der Waals surface area contributed by atoms with E-state index in [1.54, 1.807) is 0 Å². The molecule has 0 aliphatic rings. The van der Waals surface area contributed by atoms with Gasteiger partial charge in [0, 0.05) is 16.5 Å². The third-order valence-corrected chi connectivity index (χ3v) is 12.5. The van der Waals surface area contributed by atoms with Crippen molar-refractivity contribution in [2.24, 2.45) is 0 Å². The Morgan fingerprint density at radius 3 is 1.15 bits per heavy atom. The average Bonchev–Trinajstić information content (AvgIpc) is 3.64. The first-order chi connectivity index (χ1) is 29.9. The number of aromatic nitrogens is 1. The lowest BCUT2D eigenvalue weighted by atomic mass is 9.83. The maximum atomic E-state index is 2.41. The Balaban J connectivity index is 1.12. The molecule has 0 amide bonds. The minimum absolute atomic E-state index is 0.0431. The minimum atomic E-state index is 0.0431. The Bertz CT molecular complexity index is 3390. The van der Waals surface area contributed by atoms with Crippen molar-refractivity contribution < 1.29 is 0 Å². The molecule has 0 aliphatic heterocycles. The number of hydrogen-bond donors (Lipinski definition) is 0. The van der Waals surface area contributed by atoms with Crippen LogP contribution < -0.4 is 0 Å². The van der Waals surface area contributed by atoms with Gasteiger partial charge in [0.2, 0.25) is 0 Å². The van der Waals surface area contributed by atoms with Crippen molar-refractivity contribution >= 4 is 43.4 Å². The number of nitrogens with zero attached hydrogens (tertiary/aromatic N) is 1. The summed E-state index contributed by atoms with van der Waals surface area (Å²) in [6.45, 7) is 6.89. The van der Waals surface area contributed by atoms with Gasteiger partial charge >= 0.3 is 0 Å². The van der Waals surface area contributed by atoms with Crippen molar-refractivity contribution in [1.29, 1.82) is 0 Å². The summed E-state index contributed by atoms with van der Waals surface area (Å²) in [6, 6.07) is 80.6. The van der Waals surface area contributed by atoms with E-state index in [1.807, 2.05) is 0 Å². The summed E-state index contributed by atoms with van der Waals surface area (Å²) in [5.74, 6) is 0. The van der Waals surface area contributed by atoms with Gasteiger partial charge in [0.05, 0.1) is 11.0 Å². The summed E-state index contributed by atoms with van der Waals surface area (Å²) in [4.78, 5) is 0. The highest BCUT2D eigenvalue weighted by Gasteiger charge is 2.21. The van der Waals surface area contributed by atoms with E-state index in [0.717, 1.165) is 0 Å². The monoisotopic (exact) mass is 779 g/mol. The van der Waals surface area contributed by atoms with E-state index in [2.05, 4.69) is 244 Å². The van der Waals surface area contributed by atoms with Crippen LogP contribution >= 0.6 is 0 Å². The molecular formula is C60H45N. The molecule has 290 valence electrons. The van der Waals surface area contributed by atoms with Crippen LogP contribution in [0.5, 0.6) is 0 Å². The molecule has 1 heteroatoms. The zero-order valence-electron chi connectivity index (χ0n) is 34.7. The number of para-hydroxylation sites is 1. The molecule has 0 fully saturated rings. The smallest absolute Gasteiger partial charge is 0.0541 e. The second-order valence-electron chi connectivity index (χ2n) is 17.3. The van der Waals surface area contributed by atoms with Crippen LogP contribution in [0.3, 0.4) is 0 Å². The summed E-state index contributed by atoms with van der Waals surface area (Å²) < 4.78 is 2.41. The second-order valence-corrected chi connectivity index (χ2v) is 17.3. The molecule has 0 bridgehead atoms. The van der Waals surface area contributed by atoms with Crippen LogP contribution in [0.4, 0.5) is 0 Å². The van der Waals surface area contributed by atoms with Crippen molar-refractivity contribution in [2.75, 3.05) is 0 Å². The number of fused-ring (bicyclic) bond motifs is 5. The lowest BCUT2D eigenvalue weighted by Crippen LogP contribution is -2.10. The van der Waals surface area contributed by atoms with Gasteiger partial charge in [-0.25, -0.2) is 0 Å². The third kappa shape index (κ3) is 6.42. The average molecular weight is 780 g/mol. The van der Waals surface area contributed by atoms with Crippen LogP contribution in [-0.4, -0.2) is 4.57 Å². The SMILES string of the molecule is CC(C)(C)c1ccc2c(c1)c1cc(-c3ccc(-c4c5ccc(-c6ccccc6)cc5c(-c5ccccc5)c5ccc(-c6ccccc6)cc45)cc3)ccc1n2-c1ccccc1. The largest absolute Gasteiger partial charge is 0.309 e. The molecule has 0 radical (unpaired) electrons. The fraction of sp³-hybridized carbons (Fsp3) is 0.0667. The van der Waals surface area contributed by atoms with Gasteiger partial charge in [0.1, 0.15) is 0 Å². The maximum absolute atomic E-state index is 2.41. The molecule has 1 aromatic heterocycles. The topological polar surface area (TPSA) is 4.93 Å². The second kappa shape index (κ2) is 14.7. The first-order valence-electron chi connectivity index (χ1n) is 21.3. The Kier molecular flexibility index (Phi) is 8.79. The molecule has 1 nitrogen and oxygen atoms in total. The van der Waals surface area contributed by atoms with Crippen LogP contribution in [0.2, 0.25) is 0 Å². The normalized spacial score (nSPS) is 11.9. The van der Waals surface area contributed by atoms with E-state index in [1.165, 1.54) is 110 Å². The Labute approximate surface area is 357 Å². The van der Waals surface area contributed by atoms with Crippen molar-refractivity contribution in [3.05, 3.63) is 224 Å². The van der Waals surface area contributed by atoms with E-state index in [0.29, 0.717) is 0 Å². The predicted molar refractivity (Wildman–Crippen MR) is 262 cm³/mol. The van der Waals surface area contributed by atoms with Crippen molar-refractivity contribution in [3.8, 4) is 61.3 Å². The first-order valence-corrected chi connectivity index (χ1v) is 21.3. The summed E-state index contributed by atoms with van der Waals surface area (Å²) in [6.07, 6.45) is 0. The standard InChI is InChI=1S/C60H45N/c1-60(2,3)48-31-35-57-53(39-48)52-36-47(30-34-56(52)61(57)49-22-14-7-15-23-49)42-24-26-44(27-25-42)59-51-33-29-45(40-16-8-4-9-17-40)37-54(51)58(43-20-12-6-13-21-43)50-32-28-46(38-55(50)59)41-18-10-5-11-19-41/h4-39H,1-3H3. The fourth-order valence-electron chi connectivity index (χ4n) is 9.43. The summed E-state index contributed by atoms with van der Waals surface area (Å²) in [5, 5.41) is 7.54. The van der Waals surface area contributed by atoms with Gasteiger partial charge in [-0.05, 0) is 137 Å². The van der Waals surface area contributed by atoms with E-state index >= 15 is 0 Å². The van der Waals surface area contributed by atoms with E-state index in [9.17, 15) is 0 Å². The molecule has 0 unspecified atom stereocenters. The van der Waals surface area contributed by atoms with Crippen LogP contribution in [0.25, 0.3) is 105 Å². The van der Waals surface area contributed by atoms with Gasteiger partial charge in [0.15, 0.2) is 0 Å². The molecule has 11 rings (SSSR count). The van der Waals surface area contributed by atoms with Crippen LogP contribution in [0.1, 0.15) is 26.3 Å².